The molecule has 7 heteroatoms. The molecule has 0 saturated heterocycles. The minimum atomic E-state index is -0.232. The predicted molar refractivity (Wildman–Crippen MR) is 125 cm³/mol. The smallest absolute Gasteiger partial charge is 0.276 e. The highest BCUT2D eigenvalue weighted by atomic mass is 32.1. The van der Waals surface area contributed by atoms with Crippen molar-refractivity contribution in [2.45, 2.75) is 19.8 Å². The van der Waals surface area contributed by atoms with E-state index in [1.54, 1.807) is 17.4 Å². The lowest BCUT2D eigenvalue weighted by Gasteiger charge is -2.05. The third kappa shape index (κ3) is 4.27. The molecule has 0 radical (unpaired) electrons. The molecule has 0 aliphatic rings. The molecule has 0 saturated carbocycles. The summed E-state index contributed by atoms with van der Waals surface area (Å²) < 4.78 is 0. The van der Waals surface area contributed by atoms with E-state index in [9.17, 15) is 4.79 Å². The number of nitrogens with zero attached hydrogens (tertiary/aromatic N) is 2. The van der Waals surface area contributed by atoms with Gasteiger partial charge in [0.05, 0.1) is 21.6 Å². The van der Waals surface area contributed by atoms with Gasteiger partial charge in [0, 0.05) is 12.1 Å². The van der Waals surface area contributed by atoms with E-state index in [0.29, 0.717) is 5.69 Å². The highest BCUT2D eigenvalue weighted by molar-refractivity contribution is 7.13. The lowest BCUT2D eigenvalue weighted by molar-refractivity contribution is 0.102. The van der Waals surface area contributed by atoms with Gasteiger partial charge in [-0.2, -0.15) is 5.10 Å². The van der Waals surface area contributed by atoms with Gasteiger partial charge >= 0.3 is 0 Å². The van der Waals surface area contributed by atoms with Gasteiger partial charge in [-0.1, -0.05) is 24.3 Å². The van der Waals surface area contributed by atoms with E-state index in [1.165, 1.54) is 11.1 Å². The van der Waals surface area contributed by atoms with Crippen LogP contribution in [0.5, 0.6) is 0 Å². The number of hydrogen-bond acceptors (Lipinski definition) is 4. The van der Waals surface area contributed by atoms with Gasteiger partial charge in [0.1, 0.15) is 5.82 Å². The number of H-pyrrole nitrogens is 2. The minimum Gasteiger partial charge on any atom is -0.342 e. The molecule has 154 valence electrons. The van der Waals surface area contributed by atoms with Gasteiger partial charge in [-0.05, 0) is 66.2 Å². The first-order chi connectivity index (χ1) is 15.1. The largest absolute Gasteiger partial charge is 0.342 e. The predicted octanol–water partition coefficient (Wildman–Crippen LogP) is 5.36. The molecule has 0 fully saturated rings. The van der Waals surface area contributed by atoms with Crippen LogP contribution in [0.15, 0.2) is 66.0 Å². The standard InChI is InChI=1S/C24H21N5OS/c1-15-4-10-18-19(13-15)27-23(26-18)11-7-16-5-8-17(9-6-16)25-24(30)21-14-20(28-29-21)22-3-2-12-31-22/h2-6,8-10,12-14H,7,11H2,1H3,(H,25,30)(H,26,27)(H,28,29). The van der Waals surface area contributed by atoms with Crippen molar-refractivity contribution >= 4 is 34.0 Å². The van der Waals surface area contributed by atoms with E-state index in [4.69, 9.17) is 0 Å². The van der Waals surface area contributed by atoms with Crippen LogP contribution < -0.4 is 5.32 Å². The fraction of sp³-hybridized carbons (Fsp3) is 0.125. The molecule has 0 aliphatic heterocycles. The normalized spacial score (nSPS) is 11.1. The van der Waals surface area contributed by atoms with Crippen LogP contribution in [0.3, 0.4) is 0 Å². The second-order valence-corrected chi connectivity index (χ2v) is 8.45. The van der Waals surface area contributed by atoms with Crippen molar-refractivity contribution in [1.29, 1.82) is 0 Å². The van der Waals surface area contributed by atoms with Gasteiger partial charge < -0.3 is 10.3 Å². The Labute approximate surface area is 183 Å². The summed E-state index contributed by atoms with van der Waals surface area (Å²) in [6.45, 7) is 2.08. The minimum absolute atomic E-state index is 0.232. The number of aryl methyl sites for hydroxylation is 3. The summed E-state index contributed by atoms with van der Waals surface area (Å²) in [5.74, 6) is 0.752. The molecular weight excluding hydrogens is 406 g/mol. The number of carbonyl (C=O) groups excluding carboxylic acids is 1. The van der Waals surface area contributed by atoms with Crippen LogP contribution in [0, 0.1) is 6.92 Å². The molecule has 31 heavy (non-hydrogen) atoms. The Kier molecular flexibility index (Phi) is 5.09. The molecule has 6 nitrogen and oxygen atoms in total. The number of hydrogen-bond donors (Lipinski definition) is 3. The maximum Gasteiger partial charge on any atom is 0.276 e. The van der Waals surface area contributed by atoms with Gasteiger partial charge in [0.15, 0.2) is 5.69 Å². The molecule has 0 spiro atoms. The number of fused-ring (bicyclic) bond motifs is 1. The van der Waals surface area contributed by atoms with E-state index in [-0.39, 0.29) is 5.91 Å². The molecule has 3 heterocycles. The number of nitrogens with one attached hydrogen (secondary N) is 3. The number of amides is 1. The fourth-order valence-corrected chi connectivity index (χ4v) is 4.20. The molecule has 1 amide bonds. The molecule has 3 aromatic heterocycles. The summed E-state index contributed by atoms with van der Waals surface area (Å²) in [5, 5.41) is 11.9. The van der Waals surface area contributed by atoms with Crippen molar-refractivity contribution in [1.82, 2.24) is 20.2 Å². The Morgan fingerprint density at radius 2 is 1.94 bits per heavy atom. The number of imidazole rings is 1. The number of benzene rings is 2. The van der Waals surface area contributed by atoms with Crippen molar-refractivity contribution in [3.8, 4) is 10.6 Å². The van der Waals surface area contributed by atoms with Crippen molar-refractivity contribution in [2.24, 2.45) is 0 Å². The Balaban J connectivity index is 1.20. The quantitative estimate of drug-likeness (QED) is 0.341. The third-order valence-electron chi connectivity index (χ3n) is 5.15. The fourth-order valence-electron chi connectivity index (χ4n) is 3.50. The van der Waals surface area contributed by atoms with Gasteiger partial charge in [-0.25, -0.2) is 4.98 Å². The summed E-state index contributed by atoms with van der Waals surface area (Å²) in [6, 6.07) is 19.9. The topological polar surface area (TPSA) is 86.5 Å². The molecular formula is C24H21N5OS. The summed E-state index contributed by atoms with van der Waals surface area (Å²) in [4.78, 5) is 21.6. The Morgan fingerprint density at radius 3 is 2.74 bits per heavy atom. The van der Waals surface area contributed by atoms with Crippen molar-refractivity contribution in [3.05, 3.63) is 88.7 Å². The molecule has 5 rings (SSSR count). The Hall–Kier alpha value is -3.71. The van der Waals surface area contributed by atoms with Crippen molar-refractivity contribution in [2.75, 3.05) is 5.32 Å². The van der Waals surface area contributed by atoms with Gasteiger partial charge in [-0.3, -0.25) is 9.89 Å². The van der Waals surface area contributed by atoms with Crippen LogP contribution in [-0.4, -0.2) is 26.1 Å². The van der Waals surface area contributed by atoms with Gasteiger partial charge in [0.25, 0.3) is 5.91 Å². The van der Waals surface area contributed by atoms with Gasteiger partial charge in [0.2, 0.25) is 0 Å². The Bertz CT molecular complexity index is 1330. The molecule has 0 unspecified atom stereocenters. The number of aromatic amines is 2. The molecule has 0 aliphatic carbocycles. The summed E-state index contributed by atoms with van der Waals surface area (Å²) in [6.07, 6.45) is 1.70. The zero-order chi connectivity index (χ0) is 21.2. The molecule has 0 atom stereocenters. The number of carbonyl (C=O) groups is 1. The molecule has 5 aromatic rings. The second kappa shape index (κ2) is 8.20. The van der Waals surface area contributed by atoms with E-state index < -0.39 is 0 Å². The summed E-state index contributed by atoms with van der Waals surface area (Å²) >= 11 is 1.60. The van der Waals surface area contributed by atoms with E-state index >= 15 is 0 Å². The van der Waals surface area contributed by atoms with Crippen molar-refractivity contribution < 1.29 is 4.79 Å². The second-order valence-electron chi connectivity index (χ2n) is 7.50. The van der Waals surface area contributed by atoms with Crippen LogP contribution in [0.4, 0.5) is 5.69 Å². The molecule has 0 bridgehead atoms. The van der Waals surface area contributed by atoms with E-state index in [1.807, 2.05) is 47.8 Å². The highest BCUT2D eigenvalue weighted by Gasteiger charge is 2.12. The van der Waals surface area contributed by atoms with E-state index in [0.717, 1.165) is 46.0 Å². The number of anilines is 1. The zero-order valence-electron chi connectivity index (χ0n) is 17.0. The SMILES string of the molecule is Cc1ccc2nc(CCc3ccc(NC(=O)c4cc(-c5cccs5)[nH]n4)cc3)[nH]c2c1. The lowest BCUT2D eigenvalue weighted by Crippen LogP contribution is -2.12. The number of aromatic nitrogens is 4. The monoisotopic (exact) mass is 427 g/mol. The van der Waals surface area contributed by atoms with Crippen LogP contribution in [-0.2, 0) is 12.8 Å². The third-order valence-corrected chi connectivity index (χ3v) is 6.05. The first-order valence-corrected chi connectivity index (χ1v) is 11.0. The molecule has 3 N–H and O–H groups in total. The lowest BCUT2D eigenvalue weighted by atomic mass is 10.1. The first kappa shape index (κ1) is 19.3. The average Bonchev–Trinajstić information content (AvgIpc) is 3.52. The van der Waals surface area contributed by atoms with Crippen LogP contribution in [0.2, 0.25) is 0 Å². The first-order valence-electron chi connectivity index (χ1n) is 10.1. The summed E-state index contributed by atoms with van der Waals surface area (Å²) in [5.41, 5.74) is 6.44. The Morgan fingerprint density at radius 1 is 1.06 bits per heavy atom. The van der Waals surface area contributed by atoms with Crippen LogP contribution in [0.1, 0.15) is 27.4 Å². The number of rotatable bonds is 6. The van der Waals surface area contributed by atoms with Gasteiger partial charge in [-0.15, -0.1) is 11.3 Å². The van der Waals surface area contributed by atoms with Crippen molar-refractivity contribution in [3.63, 3.8) is 0 Å². The van der Waals surface area contributed by atoms with Crippen LogP contribution >= 0.6 is 11.3 Å². The summed E-state index contributed by atoms with van der Waals surface area (Å²) in [7, 11) is 0. The number of thiophene rings is 1. The molecule has 2 aromatic carbocycles. The maximum atomic E-state index is 12.5. The zero-order valence-corrected chi connectivity index (χ0v) is 17.8. The van der Waals surface area contributed by atoms with E-state index in [2.05, 4.69) is 44.5 Å². The average molecular weight is 428 g/mol. The van der Waals surface area contributed by atoms with Crippen LogP contribution in [0.25, 0.3) is 21.6 Å². The highest BCUT2D eigenvalue weighted by Crippen LogP contribution is 2.23. The maximum absolute atomic E-state index is 12.5.